The molecular formula is C15H22N2O2. The summed E-state index contributed by atoms with van der Waals surface area (Å²) in [6, 6.07) is 7.13. The van der Waals surface area contributed by atoms with Crippen LogP contribution in [0.3, 0.4) is 0 Å². The highest BCUT2D eigenvalue weighted by atomic mass is 16.2. The second-order valence-electron chi connectivity index (χ2n) is 5.16. The fourth-order valence-corrected chi connectivity index (χ4v) is 1.74. The van der Waals surface area contributed by atoms with Crippen molar-refractivity contribution in [2.75, 3.05) is 12.4 Å². The highest BCUT2D eigenvalue weighted by Gasteiger charge is 2.19. The molecule has 19 heavy (non-hydrogen) atoms. The van der Waals surface area contributed by atoms with Crippen LogP contribution in [-0.2, 0) is 4.79 Å². The van der Waals surface area contributed by atoms with Gasteiger partial charge >= 0.3 is 0 Å². The summed E-state index contributed by atoms with van der Waals surface area (Å²) in [5.41, 5.74) is 1.33. The van der Waals surface area contributed by atoms with E-state index in [4.69, 9.17) is 0 Å². The first-order valence-corrected chi connectivity index (χ1v) is 6.47. The number of nitrogens with one attached hydrogen (secondary N) is 1. The van der Waals surface area contributed by atoms with E-state index in [1.165, 1.54) is 6.92 Å². The van der Waals surface area contributed by atoms with E-state index in [1.54, 1.807) is 29.2 Å². The molecule has 0 aromatic heterocycles. The molecule has 0 aliphatic carbocycles. The molecule has 0 spiro atoms. The van der Waals surface area contributed by atoms with Crippen LogP contribution in [0, 0.1) is 5.92 Å². The molecule has 0 aliphatic heterocycles. The van der Waals surface area contributed by atoms with Crippen LogP contribution in [0.4, 0.5) is 5.69 Å². The summed E-state index contributed by atoms with van der Waals surface area (Å²) in [5, 5.41) is 2.68. The molecule has 0 unspecified atom stereocenters. The van der Waals surface area contributed by atoms with Gasteiger partial charge in [0.1, 0.15) is 0 Å². The van der Waals surface area contributed by atoms with Crippen LogP contribution >= 0.6 is 0 Å². The van der Waals surface area contributed by atoms with Crippen molar-refractivity contribution in [3.05, 3.63) is 29.8 Å². The summed E-state index contributed by atoms with van der Waals surface area (Å²) >= 11 is 0. The van der Waals surface area contributed by atoms with E-state index in [0.29, 0.717) is 17.2 Å². The third kappa shape index (κ3) is 4.09. The summed E-state index contributed by atoms with van der Waals surface area (Å²) in [6.45, 7) is 7.67. The average molecular weight is 262 g/mol. The summed E-state index contributed by atoms with van der Waals surface area (Å²) in [6.07, 6.45) is 0. The fourth-order valence-electron chi connectivity index (χ4n) is 1.74. The van der Waals surface area contributed by atoms with Crippen LogP contribution in [0.2, 0.25) is 0 Å². The molecule has 4 heteroatoms. The predicted octanol–water partition coefficient (Wildman–Crippen LogP) is 2.76. The molecule has 0 radical (unpaired) electrons. The Morgan fingerprint density at radius 1 is 1.11 bits per heavy atom. The van der Waals surface area contributed by atoms with Gasteiger partial charge in [0, 0.05) is 31.3 Å². The van der Waals surface area contributed by atoms with Gasteiger partial charge in [0.25, 0.3) is 5.91 Å². The van der Waals surface area contributed by atoms with E-state index < -0.39 is 0 Å². The van der Waals surface area contributed by atoms with Crippen LogP contribution in [0.5, 0.6) is 0 Å². The Balaban J connectivity index is 2.80. The maximum atomic E-state index is 12.3. The van der Waals surface area contributed by atoms with Crippen LogP contribution < -0.4 is 5.32 Å². The lowest BCUT2D eigenvalue weighted by atomic mass is 10.0. The largest absolute Gasteiger partial charge is 0.339 e. The first-order chi connectivity index (χ1) is 8.82. The zero-order valence-electron chi connectivity index (χ0n) is 12.2. The van der Waals surface area contributed by atoms with Gasteiger partial charge in [0.2, 0.25) is 5.91 Å². The van der Waals surface area contributed by atoms with Gasteiger partial charge in [0.05, 0.1) is 0 Å². The van der Waals surface area contributed by atoms with E-state index in [1.807, 2.05) is 14.0 Å². The molecule has 1 rings (SSSR count). The molecule has 0 aliphatic rings. The van der Waals surface area contributed by atoms with Crippen LogP contribution in [0.25, 0.3) is 0 Å². The molecule has 0 saturated carbocycles. The molecule has 1 aromatic rings. The number of benzene rings is 1. The molecule has 2 amide bonds. The van der Waals surface area contributed by atoms with Gasteiger partial charge in [-0.15, -0.1) is 0 Å². The highest BCUT2D eigenvalue weighted by molar-refractivity contribution is 5.95. The fraction of sp³-hybridized carbons (Fsp3) is 0.467. The lowest BCUT2D eigenvalue weighted by Crippen LogP contribution is -2.38. The number of carbonyl (C=O) groups is 2. The second-order valence-corrected chi connectivity index (χ2v) is 5.16. The van der Waals surface area contributed by atoms with Crippen molar-refractivity contribution >= 4 is 17.5 Å². The number of anilines is 1. The zero-order valence-corrected chi connectivity index (χ0v) is 12.2. The molecule has 104 valence electrons. The summed E-state index contributed by atoms with van der Waals surface area (Å²) in [4.78, 5) is 24.9. The monoisotopic (exact) mass is 262 g/mol. The SMILES string of the molecule is CC(=O)Nc1ccc(C(=O)N(C)[C@H](C)C(C)C)cc1. The minimum Gasteiger partial charge on any atom is -0.339 e. The van der Waals surface area contributed by atoms with Crippen molar-refractivity contribution in [3.63, 3.8) is 0 Å². The lowest BCUT2D eigenvalue weighted by Gasteiger charge is -2.28. The minimum atomic E-state index is -0.121. The number of nitrogens with zero attached hydrogens (tertiary/aromatic N) is 1. The van der Waals surface area contributed by atoms with E-state index in [2.05, 4.69) is 19.2 Å². The quantitative estimate of drug-likeness (QED) is 0.907. The Kier molecular flexibility index (Phi) is 5.10. The smallest absolute Gasteiger partial charge is 0.253 e. The maximum absolute atomic E-state index is 12.3. The van der Waals surface area contributed by atoms with Crippen LogP contribution in [-0.4, -0.2) is 29.8 Å². The molecule has 1 aromatic carbocycles. The molecular weight excluding hydrogens is 240 g/mol. The zero-order chi connectivity index (χ0) is 14.6. The minimum absolute atomic E-state index is 0.00410. The molecule has 4 nitrogen and oxygen atoms in total. The molecule has 0 saturated heterocycles. The van der Waals surface area contributed by atoms with Gasteiger partial charge in [-0.1, -0.05) is 13.8 Å². The molecule has 0 bridgehead atoms. The van der Waals surface area contributed by atoms with E-state index >= 15 is 0 Å². The molecule has 0 fully saturated rings. The topological polar surface area (TPSA) is 49.4 Å². The Labute approximate surface area is 114 Å². The van der Waals surface area contributed by atoms with Crippen molar-refractivity contribution in [3.8, 4) is 0 Å². The van der Waals surface area contributed by atoms with Crippen molar-refractivity contribution in [2.24, 2.45) is 5.92 Å². The van der Waals surface area contributed by atoms with E-state index in [0.717, 1.165) is 0 Å². The second kappa shape index (κ2) is 6.36. The Morgan fingerprint density at radius 3 is 2.05 bits per heavy atom. The number of carbonyl (C=O) groups excluding carboxylic acids is 2. The summed E-state index contributed by atoms with van der Waals surface area (Å²) in [7, 11) is 1.81. The van der Waals surface area contributed by atoms with Gasteiger partial charge in [-0.2, -0.15) is 0 Å². The van der Waals surface area contributed by atoms with Crippen molar-refractivity contribution in [1.29, 1.82) is 0 Å². The first kappa shape index (κ1) is 15.2. The van der Waals surface area contributed by atoms with Crippen molar-refractivity contribution in [2.45, 2.75) is 33.7 Å². The van der Waals surface area contributed by atoms with Crippen molar-refractivity contribution in [1.82, 2.24) is 4.90 Å². The third-order valence-corrected chi connectivity index (χ3v) is 3.35. The number of rotatable bonds is 4. The van der Waals surface area contributed by atoms with Gasteiger partial charge in [-0.05, 0) is 37.1 Å². The Bertz CT molecular complexity index is 452. The maximum Gasteiger partial charge on any atom is 0.253 e. The molecule has 0 heterocycles. The summed E-state index contributed by atoms with van der Waals surface area (Å²) < 4.78 is 0. The average Bonchev–Trinajstić information content (AvgIpc) is 2.36. The van der Waals surface area contributed by atoms with Gasteiger partial charge in [-0.3, -0.25) is 9.59 Å². The summed E-state index contributed by atoms with van der Waals surface area (Å²) in [5.74, 6) is 0.285. The molecule has 1 N–H and O–H groups in total. The van der Waals surface area contributed by atoms with Crippen LogP contribution in [0.15, 0.2) is 24.3 Å². The normalized spacial score (nSPS) is 12.1. The van der Waals surface area contributed by atoms with E-state index in [-0.39, 0.29) is 17.9 Å². The Hall–Kier alpha value is -1.84. The van der Waals surface area contributed by atoms with Crippen molar-refractivity contribution < 1.29 is 9.59 Å². The standard InChI is InChI=1S/C15H22N2O2/c1-10(2)11(3)17(5)15(19)13-6-8-14(9-7-13)16-12(4)18/h6-11H,1-5H3,(H,16,18)/t11-/m1/s1. The number of hydrogen-bond donors (Lipinski definition) is 1. The first-order valence-electron chi connectivity index (χ1n) is 6.47. The van der Waals surface area contributed by atoms with Gasteiger partial charge in [-0.25, -0.2) is 0 Å². The predicted molar refractivity (Wildman–Crippen MR) is 77.1 cm³/mol. The highest BCUT2D eigenvalue weighted by Crippen LogP contribution is 2.15. The molecule has 1 atom stereocenters. The lowest BCUT2D eigenvalue weighted by molar-refractivity contribution is -0.114. The van der Waals surface area contributed by atoms with Gasteiger partial charge in [0.15, 0.2) is 0 Å². The van der Waals surface area contributed by atoms with Crippen LogP contribution in [0.1, 0.15) is 38.1 Å². The van der Waals surface area contributed by atoms with E-state index in [9.17, 15) is 9.59 Å². The number of hydrogen-bond acceptors (Lipinski definition) is 2. The Morgan fingerprint density at radius 2 is 1.63 bits per heavy atom. The third-order valence-electron chi connectivity index (χ3n) is 3.35. The van der Waals surface area contributed by atoms with Gasteiger partial charge < -0.3 is 10.2 Å². The number of amides is 2.